The Morgan fingerprint density at radius 3 is 2.75 bits per heavy atom. The standard InChI is InChI=1S/C17H18FN5O/c1-22(2)15(24)7-8-20-17-16(12-3-5-13(18)6-4-12)21-14-11-19-9-10-23(14)17/h3-6,9-11,20H,7-8H2,1-2H3. The minimum Gasteiger partial charge on any atom is -0.369 e. The van der Waals surface area contributed by atoms with E-state index in [2.05, 4.69) is 15.3 Å². The van der Waals surface area contributed by atoms with E-state index in [1.165, 1.54) is 12.1 Å². The van der Waals surface area contributed by atoms with Gasteiger partial charge in [-0.05, 0) is 24.3 Å². The third-order valence-electron chi connectivity index (χ3n) is 3.68. The molecule has 3 rings (SSSR count). The summed E-state index contributed by atoms with van der Waals surface area (Å²) in [6, 6.07) is 6.16. The van der Waals surface area contributed by atoms with E-state index in [0.717, 1.165) is 11.4 Å². The fraction of sp³-hybridized carbons (Fsp3) is 0.235. The first-order valence-corrected chi connectivity index (χ1v) is 7.58. The molecule has 7 heteroatoms. The summed E-state index contributed by atoms with van der Waals surface area (Å²) in [5.41, 5.74) is 2.17. The Balaban J connectivity index is 1.93. The molecular weight excluding hydrogens is 309 g/mol. The van der Waals surface area contributed by atoms with E-state index in [1.54, 1.807) is 49.7 Å². The van der Waals surface area contributed by atoms with Crippen LogP contribution in [0.5, 0.6) is 0 Å². The van der Waals surface area contributed by atoms with Gasteiger partial charge >= 0.3 is 0 Å². The number of rotatable bonds is 5. The number of hydrogen-bond donors (Lipinski definition) is 1. The smallest absolute Gasteiger partial charge is 0.223 e. The number of carbonyl (C=O) groups is 1. The van der Waals surface area contributed by atoms with Gasteiger partial charge in [-0.1, -0.05) is 0 Å². The zero-order valence-electron chi connectivity index (χ0n) is 13.5. The summed E-state index contributed by atoms with van der Waals surface area (Å²) < 4.78 is 15.0. The van der Waals surface area contributed by atoms with Crippen molar-refractivity contribution < 1.29 is 9.18 Å². The first-order valence-electron chi connectivity index (χ1n) is 7.58. The molecule has 0 aliphatic carbocycles. The van der Waals surface area contributed by atoms with E-state index >= 15 is 0 Å². The van der Waals surface area contributed by atoms with Crippen molar-refractivity contribution in [3.05, 3.63) is 48.7 Å². The minimum absolute atomic E-state index is 0.0429. The van der Waals surface area contributed by atoms with Gasteiger partial charge in [-0.25, -0.2) is 9.37 Å². The van der Waals surface area contributed by atoms with Gasteiger partial charge in [-0.3, -0.25) is 14.2 Å². The minimum atomic E-state index is -0.296. The van der Waals surface area contributed by atoms with Crippen LogP contribution in [0.15, 0.2) is 42.9 Å². The summed E-state index contributed by atoms with van der Waals surface area (Å²) >= 11 is 0. The molecule has 0 unspecified atom stereocenters. The molecule has 124 valence electrons. The summed E-state index contributed by atoms with van der Waals surface area (Å²) in [5, 5.41) is 3.27. The predicted molar refractivity (Wildman–Crippen MR) is 90.2 cm³/mol. The Bertz CT molecular complexity index is 857. The summed E-state index contributed by atoms with van der Waals surface area (Å²) in [4.78, 5) is 21.9. The van der Waals surface area contributed by atoms with Crippen molar-refractivity contribution >= 4 is 17.4 Å². The highest BCUT2D eigenvalue weighted by molar-refractivity contribution is 5.78. The summed E-state index contributed by atoms with van der Waals surface area (Å²) in [6.45, 7) is 0.474. The van der Waals surface area contributed by atoms with Gasteiger partial charge in [0.25, 0.3) is 0 Å². The first kappa shape index (κ1) is 15.9. The average Bonchev–Trinajstić information content (AvgIpc) is 2.94. The van der Waals surface area contributed by atoms with Crippen LogP contribution >= 0.6 is 0 Å². The largest absolute Gasteiger partial charge is 0.369 e. The quantitative estimate of drug-likeness (QED) is 0.782. The number of benzene rings is 1. The molecule has 24 heavy (non-hydrogen) atoms. The Kier molecular flexibility index (Phi) is 4.41. The predicted octanol–water partition coefficient (Wildman–Crippen LogP) is 2.43. The summed E-state index contributed by atoms with van der Waals surface area (Å²) in [7, 11) is 3.46. The van der Waals surface area contributed by atoms with Gasteiger partial charge in [0.05, 0.1) is 6.20 Å². The number of hydrogen-bond acceptors (Lipinski definition) is 4. The van der Waals surface area contributed by atoms with Crippen LogP contribution in [0.4, 0.5) is 10.2 Å². The maximum absolute atomic E-state index is 13.2. The number of nitrogens with zero attached hydrogens (tertiary/aromatic N) is 4. The van der Waals surface area contributed by atoms with Crippen LogP contribution in [-0.2, 0) is 4.79 Å². The Morgan fingerprint density at radius 1 is 1.29 bits per heavy atom. The molecule has 1 aromatic carbocycles. The van der Waals surface area contributed by atoms with Crippen molar-refractivity contribution in [2.24, 2.45) is 0 Å². The van der Waals surface area contributed by atoms with Crippen LogP contribution in [0.2, 0.25) is 0 Å². The van der Waals surface area contributed by atoms with Crippen LogP contribution in [0, 0.1) is 5.82 Å². The van der Waals surface area contributed by atoms with Crippen molar-refractivity contribution in [3.8, 4) is 11.3 Å². The molecule has 0 bridgehead atoms. The van der Waals surface area contributed by atoms with Gasteiger partial charge in [0, 0.05) is 45.0 Å². The fourth-order valence-corrected chi connectivity index (χ4v) is 2.40. The number of carbonyl (C=O) groups excluding carboxylic acids is 1. The third kappa shape index (κ3) is 3.19. The zero-order chi connectivity index (χ0) is 17.1. The van der Waals surface area contributed by atoms with Gasteiger partial charge in [0.15, 0.2) is 5.65 Å². The molecule has 0 saturated heterocycles. The van der Waals surface area contributed by atoms with Crippen LogP contribution in [-0.4, -0.2) is 45.8 Å². The number of halogens is 1. The zero-order valence-corrected chi connectivity index (χ0v) is 13.5. The summed E-state index contributed by atoms with van der Waals surface area (Å²) in [5.74, 6) is 0.502. The van der Waals surface area contributed by atoms with Gasteiger partial charge in [0.2, 0.25) is 5.91 Å². The molecule has 6 nitrogen and oxygen atoms in total. The van der Waals surface area contributed by atoms with Crippen molar-refractivity contribution in [1.82, 2.24) is 19.3 Å². The molecule has 1 amide bonds. The lowest BCUT2D eigenvalue weighted by Crippen LogP contribution is -2.24. The van der Waals surface area contributed by atoms with Gasteiger partial charge in [0.1, 0.15) is 17.3 Å². The van der Waals surface area contributed by atoms with Crippen LogP contribution in [0.25, 0.3) is 16.9 Å². The Hall–Kier alpha value is -2.96. The number of anilines is 1. The topological polar surface area (TPSA) is 62.5 Å². The number of aromatic nitrogens is 3. The number of amides is 1. The van der Waals surface area contributed by atoms with Crippen molar-refractivity contribution in [2.75, 3.05) is 26.0 Å². The van der Waals surface area contributed by atoms with E-state index in [9.17, 15) is 9.18 Å². The molecule has 0 spiro atoms. The molecule has 0 aliphatic rings. The molecular formula is C17H18FN5O. The number of imidazole rings is 1. The second kappa shape index (κ2) is 6.66. The number of nitrogens with one attached hydrogen (secondary N) is 1. The van der Waals surface area contributed by atoms with E-state index in [4.69, 9.17) is 0 Å². The Labute approximate surface area is 139 Å². The Morgan fingerprint density at radius 2 is 2.04 bits per heavy atom. The monoisotopic (exact) mass is 327 g/mol. The molecule has 0 atom stereocenters. The molecule has 2 heterocycles. The van der Waals surface area contributed by atoms with Crippen molar-refractivity contribution in [1.29, 1.82) is 0 Å². The molecule has 0 saturated carbocycles. The lowest BCUT2D eigenvalue weighted by Gasteiger charge is -2.12. The van der Waals surface area contributed by atoms with Crippen molar-refractivity contribution in [3.63, 3.8) is 0 Å². The highest BCUT2D eigenvalue weighted by Crippen LogP contribution is 2.28. The maximum Gasteiger partial charge on any atom is 0.223 e. The fourth-order valence-electron chi connectivity index (χ4n) is 2.40. The normalized spacial score (nSPS) is 10.8. The van der Waals surface area contributed by atoms with E-state index in [0.29, 0.717) is 24.3 Å². The lowest BCUT2D eigenvalue weighted by molar-refractivity contribution is -0.128. The highest BCUT2D eigenvalue weighted by Gasteiger charge is 2.14. The molecule has 0 aliphatic heterocycles. The van der Waals surface area contributed by atoms with Gasteiger partial charge in [-0.2, -0.15) is 0 Å². The van der Waals surface area contributed by atoms with E-state index < -0.39 is 0 Å². The average molecular weight is 327 g/mol. The maximum atomic E-state index is 13.2. The molecule has 0 fully saturated rings. The lowest BCUT2D eigenvalue weighted by atomic mass is 10.1. The van der Waals surface area contributed by atoms with Crippen LogP contribution < -0.4 is 5.32 Å². The molecule has 2 aromatic heterocycles. The third-order valence-corrected chi connectivity index (χ3v) is 3.68. The van der Waals surface area contributed by atoms with Crippen LogP contribution in [0.1, 0.15) is 6.42 Å². The highest BCUT2D eigenvalue weighted by atomic mass is 19.1. The van der Waals surface area contributed by atoms with E-state index in [1.807, 2.05) is 4.40 Å². The van der Waals surface area contributed by atoms with E-state index in [-0.39, 0.29) is 11.7 Å². The number of fused-ring (bicyclic) bond motifs is 1. The second-order valence-corrected chi connectivity index (χ2v) is 5.59. The van der Waals surface area contributed by atoms with Crippen molar-refractivity contribution in [2.45, 2.75) is 6.42 Å². The molecule has 1 N–H and O–H groups in total. The van der Waals surface area contributed by atoms with Gasteiger partial charge in [-0.15, -0.1) is 0 Å². The first-order chi connectivity index (χ1) is 11.6. The summed E-state index contributed by atoms with van der Waals surface area (Å²) in [6.07, 6.45) is 5.49. The van der Waals surface area contributed by atoms with Crippen LogP contribution in [0.3, 0.4) is 0 Å². The van der Waals surface area contributed by atoms with Gasteiger partial charge < -0.3 is 10.2 Å². The SMILES string of the molecule is CN(C)C(=O)CCNc1c(-c2ccc(F)cc2)nc2cnccn12. The molecule has 0 radical (unpaired) electrons. The second-order valence-electron chi connectivity index (χ2n) is 5.59. The molecule has 3 aromatic rings.